The number of primary amides is 1. The van der Waals surface area contributed by atoms with Crippen LogP contribution in [0.4, 0.5) is 4.39 Å². The zero-order valence-corrected chi connectivity index (χ0v) is 16.5. The Labute approximate surface area is 165 Å². The van der Waals surface area contributed by atoms with Gasteiger partial charge in [-0.3, -0.25) is 9.79 Å². The molecular weight excluding hydrogens is 363 g/mol. The fourth-order valence-corrected chi connectivity index (χ4v) is 2.96. The van der Waals surface area contributed by atoms with E-state index in [2.05, 4.69) is 15.6 Å². The SMILES string of the molecule is CN=C(NCCCOCC1CCOC1)NCC(Cc1ccc(F)cc1)C(N)=O. The van der Waals surface area contributed by atoms with Gasteiger partial charge in [-0.05, 0) is 37.0 Å². The molecule has 1 fully saturated rings. The molecule has 0 aromatic heterocycles. The molecule has 2 rings (SSSR count). The van der Waals surface area contributed by atoms with Gasteiger partial charge in [0.25, 0.3) is 0 Å². The molecule has 1 aromatic rings. The molecule has 156 valence electrons. The van der Waals surface area contributed by atoms with Gasteiger partial charge in [-0.1, -0.05) is 12.1 Å². The molecule has 1 aromatic carbocycles. The highest BCUT2D eigenvalue weighted by Gasteiger charge is 2.17. The maximum absolute atomic E-state index is 13.0. The van der Waals surface area contributed by atoms with E-state index in [1.807, 2.05) is 0 Å². The van der Waals surface area contributed by atoms with Crippen molar-refractivity contribution in [1.29, 1.82) is 0 Å². The highest BCUT2D eigenvalue weighted by molar-refractivity contribution is 5.81. The Balaban J connectivity index is 1.64. The van der Waals surface area contributed by atoms with E-state index < -0.39 is 11.8 Å². The minimum Gasteiger partial charge on any atom is -0.381 e. The van der Waals surface area contributed by atoms with Crippen molar-refractivity contribution in [3.8, 4) is 0 Å². The van der Waals surface area contributed by atoms with Crippen molar-refractivity contribution in [2.75, 3.05) is 46.6 Å². The topological polar surface area (TPSA) is 98.0 Å². The van der Waals surface area contributed by atoms with Gasteiger partial charge < -0.3 is 25.8 Å². The van der Waals surface area contributed by atoms with Gasteiger partial charge in [-0.2, -0.15) is 0 Å². The van der Waals surface area contributed by atoms with Crippen LogP contribution in [-0.4, -0.2) is 58.4 Å². The van der Waals surface area contributed by atoms with Gasteiger partial charge >= 0.3 is 0 Å². The van der Waals surface area contributed by atoms with Crippen LogP contribution in [0.2, 0.25) is 0 Å². The Hall–Kier alpha value is -2.19. The molecule has 0 spiro atoms. The quantitative estimate of drug-likeness (QED) is 0.296. The number of nitrogens with two attached hydrogens (primary N) is 1. The molecule has 1 aliphatic heterocycles. The Morgan fingerprint density at radius 3 is 2.82 bits per heavy atom. The van der Waals surface area contributed by atoms with Crippen LogP contribution >= 0.6 is 0 Å². The third-order valence-electron chi connectivity index (χ3n) is 4.67. The number of carbonyl (C=O) groups is 1. The van der Waals surface area contributed by atoms with Crippen LogP contribution in [0.5, 0.6) is 0 Å². The third kappa shape index (κ3) is 8.22. The van der Waals surface area contributed by atoms with Crippen LogP contribution < -0.4 is 16.4 Å². The molecule has 2 unspecified atom stereocenters. The van der Waals surface area contributed by atoms with Crippen LogP contribution in [0.3, 0.4) is 0 Å². The molecule has 1 amide bonds. The number of ether oxygens (including phenoxy) is 2. The van der Waals surface area contributed by atoms with Crippen molar-refractivity contribution in [3.63, 3.8) is 0 Å². The number of benzene rings is 1. The van der Waals surface area contributed by atoms with E-state index in [4.69, 9.17) is 15.2 Å². The Morgan fingerprint density at radius 2 is 2.18 bits per heavy atom. The second-order valence-electron chi connectivity index (χ2n) is 6.97. The number of carbonyl (C=O) groups excluding carboxylic acids is 1. The smallest absolute Gasteiger partial charge is 0.222 e. The summed E-state index contributed by atoms with van der Waals surface area (Å²) in [6.45, 7) is 4.12. The molecule has 1 aliphatic rings. The second kappa shape index (κ2) is 12.3. The van der Waals surface area contributed by atoms with Gasteiger partial charge in [0.1, 0.15) is 5.82 Å². The van der Waals surface area contributed by atoms with Crippen LogP contribution in [0.25, 0.3) is 0 Å². The number of amides is 1. The average Bonchev–Trinajstić information content (AvgIpc) is 3.20. The molecule has 28 heavy (non-hydrogen) atoms. The number of hydrogen-bond acceptors (Lipinski definition) is 4. The molecule has 0 radical (unpaired) electrons. The van der Waals surface area contributed by atoms with Crippen molar-refractivity contribution in [2.24, 2.45) is 22.6 Å². The van der Waals surface area contributed by atoms with Crippen LogP contribution in [-0.2, 0) is 20.7 Å². The van der Waals surface area contributed by atoms with Crippen molar-refractivity contribution < 1.29 is 18.7 Å². The summed E-state index contributed by atoms with van der Waals surface area (Å²) in [6, 6.07) is 6.08. The summed E-state index contributed by atoms with van der Waals surface area (Å²) in [7, 11) is 1.67. The largest absolute Gasteiger partial charge is 0.381 e. The molecule has 4 N–H and O–H groups in total. The van der Waals surface area contributed by atoms with Crippen LogP contribution in [0.15, 0.2) is 29.3 Å². The molecule has 2 atom stereocenters. The van der Waals surface area contributed by atoms with Crippen LogP contribution in [0.1, 0.15) is 18.4 Å². The fourth-order valence-electron chi connectivity index (χ4n) is 2.96. The van der Waals surface area contributed by atoms with Crippen molar-refractivity contribution >= 4 is 11.9 Å². The van der Waals surface area contributed by atoms with E-state index in [-0.39, 0.29) is 5.82 Å². The van der Waals surface area contributed by atoms with Crippen molar-refractivity contribution in [3.05, 3.63) is 35.6 Å². The normalized spacial score (nSPS) is 18.1. The van der Waals surface area contributed by atoms with Crippen LogP contribution in [0, 0.1) is 17.7 Å². The molecule has 0 aliphatic carbocycles. The fraction of sp³-hybridized carbons (Fsp3) is 0.600. The highest BCUT2D eigenvalue weighted by atomic mass is 19.1. The lowest BCUT2D eigenvalue weighted by Gasteiger charge is -2.17. The third-order valence-corrected chi connectivity index (χ3v) is 4.67. The molecule has 1 saturated heterocycles. The van der Waals surface area contributed by atoms with E-state index in [0.717, 1.165) is 38.2 Å². The maximum Gasteiger partial charge on any atom is 0.222 e. The van der Waals surface area contributed by atoms with Gasteiger partial charge in [0, 0.05) is 39.3 Å². The van der Waals surface area contributed by atoms with E-state index >= 15 is 0 Å². The van der Waals surface area contributed by atoms with Gasteiger partial charge in [-0.25, -0.2) is 4.39 Å². The molecule has 0 saturated carbocycles. The van der Waals surface area contributed by atoms with Gasteiger partial charge in [-0.15, -0.1) is 0 Å². The summed E-state index contributed by atoms with van der Waals surface area (Å²) in [5, 5.41) is 6.32. The molecule has 1 heterocycles. The predicted molar refractivity (Wildman–Crippen MR) is 107 cm³/mol. The number of aliphatic imine (C=N–C) groups is 1. The Morgan fingerprint density at radius 1 is 1.39 bits per heavy atom. The zero-order chi connectivity index (χ0) is 20.2. The average molecular weight is 394 g/mol. The number of hydrogen-bond donors (Lipinski definition) is 3. The second-order valence-corrected chi connectivity index (χ2v) is 6.97. The highest BCUT2D eigenvalue weighted by Crippen LogP contribution is 2.12. The lowest BCUT2D eigenvalue weighted by atomic mass is 9.98. The minimum absolute atomic E-state index is 0.303. The minimum atomic E-state index is -0.416. The first kappa shape index (κ1) is 22.1. The summed E-state index contributed by atoms with van der Waals surface area (Å²) >= 11 is 0. The number of rotatable bonds is 11. The first-order valence-electron chi connectivity index (χ1n) is 9.72. The summed E-state index contributed by atoms with van der Waals surface area (Å²) in [5.74, 6) is 0.00369. The van der Waals surface area contributed by atoms with Gasteiger partial charge in [0.2, 0.25) is 5.91 Å². The lowest BCUT2D eigenvalue weighted by molar-refractivity contribution is -0.121. The van der Waals surface area contributed by atoms with E-state index in [0.29, 0.717) is 38.0 Å². The Bertz CT molecular complexity index is 618. The number of nitrogens with one attached hydrogen (secondary N) is 2. The van der Waals surface area contributed by atoms with E-state index in [9.17, 15) is 9.18 Å². The van der Waals surface area contributed by atoms with Crippen molar-refractivity contribution in [1.82, 2.24) is 10.6 Å². The standard InChI is InChI=1S/C20H31FN4O3/c1-23-20(24-8-2-9-27-13-16-7-10-28-14-16)25-12-17(19(22)26)11-15-3-5-18(21)6-4-15/h3-6,16-17H,2,7-14H2,1H3,(H2,22,26)(H2,23,24,25). The maximum atomic E-state index is 13.0. The molecular formula is C20H31FN4O3. The van der Waals surface area contributed by atoms with E-state index in [1.54, 1.807) is 19.2 Å². The Kier molecular flexibility index (Phi) is 9.71. The number of guanidine groups is 1. The summed E-state index contributed by atoms with van der Waals surface area (Å²) in [4.78, 5) is 15.9. The van der Waals surface area contributed by atoms with Crippen molar-refractivity contribution in [2.45, 2.75) is 19.3 Å². The first-order chi connectivity index (χ1) is 13.6. The predicted octanol–water partition coefficient (Wildman–Crippen LogP) is 1.08. The van der Waals surface area contributed by atoms with Gasteiger partial charge in [0.15, 0.2) is 5.96 Å². The number of halogens is 1. The summed E-state index contributed by atoms with van der Waals surface area (Å²) in [5.41, 5.74) is 6.37. The monoisotopic (exact) mass is 394 g/mol. The summed E-state index contributed by atoms with van der Waals surface area (Å²) in [6.07, 6.45) is 2.37. The molecule has 7 nitrogen and oxygen atoms in total. The van der Waals surface area contributed by atoms with E-state index in [1.165, 1.54) is 12.1 Å². The number of nitrogens with zero attached hydrogens (tertiary/aromatic N) is 1. The summed E-state index contributed by atoms with van der Waals surface area (Å²) < 4.78 is 24.0. The molecule has 0 bridgehead atoms. The zero-order valence-electron chi connectivity index (χ0n) is 16.5. The first-order valence-corrected chi connectivity index (χ1v) is 9.72. The molecule has 8 heteroatoms. The van der Waals surface area contributed by atoms with Gasteiger partial charge in [0.05, 0.1) is 19.1 Å². The lowest BCUT2D eigenvalue weighted by Crippen LogP contribution is -2.43.